The standard InChI is InChI=1S/C36H55NO9/c1-23(13-16-32-24(2)19-31(27(5)45-32)37-34(41)18-15-26(4)44-28(6)39)14-17-33-35(42)36(22-43-36)21-30(46-33)20-29(40)12-10-8-7-9-11-25(3)38/h13-15,17-18,24,26-27,30-33,35,42H,7-12,16,19-22H2,1-6H3,(H,37,41)/b17-14+,18-15-,23-13+/t24-,26-,27+,30+,31+,32-,33+,35+,36+/m0/s1. The Labute approximate surface area is 274 Å². The van der Waals surface area contributed by atoms with Crippen LogP contribution in [0.5, 0.6) is 0 Å². The van der Waals surface area contributed by atoms with Crippen LogP contribution < -0.4 is 5.32 Å². The van der Waals surface area contributed by atoms with Gasteiger partial charge in [-0.3, -0.25) is 14.4 Å². The van der Waals surface area contributed by atoms with E-state index in [1.165, 1.54) is 13.0 Å². The third kappa shape index (κ3) is 12.5. The Hall–Kier alpha value is -2.66. The minimum atomic E-state index is -0.793. The minimum Gasteiger partial charge on any atom is -0.459 e. The quantitative estimate of drug-likeness (QED) is 0.0746. The van der Waals surface area contributed by atoms with Crippen LogP contribution in [-0.2, 0) is 38.1 Å². The molecule has 0 aliphatic carbocycles. The van der Waals surface area contributed by atoms with Gasteiger partial charge < -0.3 is 34.2 Å². The van der Waals surface area contributed by atoms with Gasteiger partial charge in [-0.2, -0.15) is 0 Å². The van der Waals surface area contributed by atoms with E-state index in [0.29, 0.717) is 38.7 Å². The minimum absolute atomic E-state index is 0.00443. The summed E-state index contributed by atoms with van der Waals surface area (Å²) in [6.07, 6.45) is 13.5. The summed E-state index contributed by atoms with van der Waals surface area (Å²) >= 11 is 0. The van der Waals surface area contributed by atoms with E-state index in [9.17, 15) is 24.3 Å². The molecule has 1 spiro atoms. The number of esters is 1. The molecule has 10 nitrogen and oxygen atoms in total. The number of aliphatic hydroxyl groups is 1. The zero-order valence-corrected chi connectivity index (χ0v) is 28.5. The monoisotopic (exact) mass is 645 g/mol. The summed E-state index contributed by atoms with van der Waals surface area (Å²) in [7, 11) is 0. The van der Waals surface area contributed by atoms with Crippen molar-refractivity contribution in [2.24, 2.45) is 5.92 Å². The van der Waals surface area contributed by atoms with Crippen LogP contribution in [0.25, 0.3) is 0 Å². The number of nitrogens with one attached hydrogen (secondary N) is 1. The van der Waals surface area contributed by atoms with Crippen molar-refractivity contribution in [3.8, 4) is 0 Å². The molecule has 0 saturated carbocycles. The zero-order valence-electron chi connectivity index (χ0n) is 28.5. The number of rotatable bonds is 17. The highest BCUT2D eigenvalue weighted by Crippen LogP contribution is 2.43. The lowest BCUT2D eigenvalue weighted by Crippen LogP contribution is -2.50. The number of carbonyl (C=O) groups excluding carboxylic acids is 4. The molecule has 0 unspecified atom stereocenters. The fourth-order valence-corrected chi connectivity index (χ4v) is 6.29. The molecular weight excluding hydrogens is 590 g/mol. The zero-order chi connectivity index (χ0) is 33.9. The molecule has 0 bridgehead atoms. The van der Waals surface area contributed by atoms with Crippen LogP contribution in [0.4, 0.5) is 0 Å². The summed E-state index contributed by atoms with van der Waals surface area (Å²) in [5.74, 6) is -0.0666. The SMILES string of the molecule is CC(=O)CCCCCCC(=O)C[C@@H]1C[C@@]2(CO2)[C@H](O)[C@@H](/C=C/C(C)=C/C[C@@H]2O[C@H](C)[C@H](NC(=O)/C=C\[C@H](C)OC(C)=O)C[C@@H]2C)O1. The maximum Gasteiger partial charge on any atom is 0.303 e. The predicted octanol–water partition coefficient (Wildman–Crippen LogP) is 4.86. The molecule has 3 saturated heterocycles. The molecule has 3 fully saturated rings. The lowest BCUT2D eigenvalue weighted by molar-refractivity contribution is -0.144. The summed E-state index contributed by atoms with van der Waals surface area (Å²) in [6.45, 7) is 11.2. The first-order chi connectivity index (χ1) is 21.8. The van der Waals surface area contributed by atoms with Crippen molar-refractivity contribution in [1.29, 1.82) is 0 Å². The summed E-state index contributed by atoms with van der Waals surface area (Å²) in [5.41, 5.74) is 0.377. The van der Waals surface area contributed by atoms with Gasteiger partial charge in [0.05, 0.1) is 31.0 Å². The summed E-state index contributed by atoms with van der Waals surface area (Å²) in [5, 5.41) is 14.0. The maximum absolute atomic E-state index is 12.7. The Morgan fingerprint density at radius 3 is 2.37 bits per heavy atom. The van der Waals surface area contributed by atoms with Crippen LogP contribution in [0.1, 0.15) is 106 Å². The number of allylic oxidation sites excluding steroid dienone is 2. The van der Waals surface area contributed by atoms with Crippen LogP contribution >= 0.6 is 0 Å². The third-order valence-corrected chi connectivity index (χ3v) is 9.11. The Morgan fingerprint density at radius 1 is 1.02 bits per heavy atom. The van der Waals surface area contributed by atoms with Crippen molar-refractivity contribution in [1.82, 2.24) is 5.32 Å². The molecule has 3 heterocycles. The number of epoxide rings is 1. The van der Waals surface area contributed by atoms with E-state index in [1.54, 1.807) is 19.9 Å². The van der Waals surface area contributed by atoms with Gasteiger partial charge in [0, 0.05) is 38.7 Å². The van der Waals surface area contributed by atoms with E-state index in [-0.39, 0.29) is 47.7 Å². The molecule has 0 aromatic rings. The second-order valence-electron chi connectivity index (χ2n) is 13.5. The number of hydrogen-bond donors (Lipinski definition) is 2. The normalized spacial score (nSPS) is 32.1. The highest BCUT2D eigenvalue weighted by Gasteiger charge is 2.58. The van der Waals surface area contributed by atoms with Gasteiger partial charge >= 0.3 is 5.97 Å². The topological polar surface area (TPSA) is 141 Å². The van der Waals surface area contributed by atoms with Crippen molar-refractivity contribution in [3.63, 3.8) is 0 Å². The van der Waals surface area contributed by atoms with Gasteiger partial charge in [-0.1, -0.05) is 43.6 Å². The van der Waals surface area contributed by atoms with Crippen molar-refractivity contribution < 1.29 is 43.2 Å². The number of aliphatic hydroxyl groups excluding tert-OH is 1. The van der Waals surface area contributed by atoms with Gasteiger partial charge in [-0.05, 0) is 65.4 Å². The van der Waals surface area contributed by atoms with Crippen molar-refractivity contribution in [2.75, 3.05) is 6.61 Å². The van der Waals surface area contributed by atoms with Crippen LogP contribution in [-0.4, -0.2) is 83.4 Å². The van der Waals surface area contributed by atoms with E-state index in [2.05, 4.69) is 18.3 Å². The highest BCUT2D eigenvalue weighted by atomic mass is 16.6. The smallest absolute Gasteiger partial charge is 0.303 e. The van der Waals surface area contributed by atoms with Crippen LogP contribution in [0.3, 0.4) is 0 Å². The molecule has 3 aliphatic rings. The molecule has 3 aliphatic heterocycles. The number of hydrogen-bond acceptors (Lipinski definition) is 9. The van der Waals surface area contributed by atoms with Crippen LogP contribution in [0, 0.1) is 5.92 Å². The van der Waals surface area contributed by atoms with Gasteiger partial charge in [0.1, 0.15) is 35.5 Å². The van der Waals surface area contributed by atoms with E-state index in [0.717, 1.165) is 37.7 Å². The van der Waals surface area contributed by atoms with E-state index < -0.39 is 29.9 Å². The average molecular weight is 646 g/mol. The number of ketones is 2. The van der Waals surface area contributed by atoms with E-state index in [1.807, 2.05) is 26.0 Å². The summed E-state index contributed by atoms with van der Waals surface area (Å²) in [4.78, 5) is 47.2. The maximum atomic E-state index is 12.7. The number of ether oxygens (including phenoxy) is 4. The Balaban J connectivity index is 1.45. The molecule has 1 amide bonds. The molecule has 0 radical (unpaired) electrons. The van der Waals surface area contributed by atoms with Crippen molar-refractivity contribution in [3.05, 3.63) is 36.0 Å². The highest BCUT2D eigenvalue weighted by molar-refractivity contribution is 5.87. The second kappa shape index (κ2) is 18.0. The number of carbonyl (C=O) groups is 4. The fourth-order valence-electron chi connectivity index (χ4n) is 6.29. The Morgan fingerprint density at radius 2 is 1.72 bits per heavy atom. The lowest BCUT2D eigenvalue weighted by Gasteiger charge is -2.39. The summed E-state index contributed by atoms with van der Waals surface area (Å²) in [6, 6.07) is -0.128. The van der Waals surface area contributed by atoms with Gasteiger partial charge in [-0.25, -0.2) is 0 Å². The molecule has 0 aromatic carbocycles. The van der Waals surface area contributed by atoms with E-state index in [4.69, 9.17) is 18.9 Å². The molecule has 3 rings (SSSR count). The predicted molar refractivity (Wildman–Crippen MR) is 174 cm³/mol. The van der Waals surface area contributed by atoms with Gasteiger partial charge in [0.25, 0.3) is 0 Å². The second-order valence-corrected chi connectivity index (χ2v) is 13.5. The first kappa shape index (κ1) is 37.8. The largest absolute Gasteiger partial charge is 0.459 e. The third-order valence-electron chi connectivity index (χ3n) is 9.11. The van der Waals surface area contributed by atoms with Crippen molar-refractivity contribution in [2.45, 2.75) is 154 Å². The average Bonchev–Trinajstić information content (AvgIpc) is 3.75. The summed E-state index contributed by atoms with van der Waals surface area (Å²) < 4.78 is 23.2. The molecule has 10 heteroatoms. The molecular formula is C36H55NO9. The Bertz CT molecular complexity index is 1140. The number of Topliss-reactive ketones (excluding diaryl/α,β-unsaturated/α-hetero) is 2. The van der Waals surface area contributed by atoms with Crippen molar-refractivity contribution >= 4 is 23.4 Å². The molecule has 46 heavy (non-hydrogen) atoms. The van der Waals surface area contributed by atoms with Crippen LogP contribution in [0.2, 0.25) is 0 Å². The van der Waals surface area contributed by atoms with Gasteiger partial charge in [0.2, 0.25) is 5.91 Å². The van der Waals surface area contributed by atoms with Gasteiger partial charge in [-0.15, -0.1) is 0 Å². The fraction of sp³-hybridized carbons (Fsp3) is 0.722. The number of amides is 1. The van der Waals surface area contributed by atoms with Gasteiger partial charge in [0.15, 0.2) is 0 Å². The van der Waals surface area contributed by atoms with Crippen LogP contribution in [0.15, 0.2) is 36.0 Å². The Kier molecular flexibility index (Phi) is 14.8. The molecule has 258 valence electrons. The molecule has 0 aromatic heterocycles. The van der Waals surface area contributed by atoms with E-state index >= 15 is 0 Å². The molecule has 2 N–H and O–H groups in total. The first-order valence-corrected chi connectivity index (χ1v) is 16.9. The first-order valence-electron chi connectivity index (χ1n) is 16.9. The number of unbranched alkanes of at least 4 members (excludes halogenated alkanes) is 3. The lowest BCUT2D eigenvalue weighted by atomic mass is 9.86. The molecule has 9 atom stereocenters.